The van der Waals surface area contributed by atoms with Gasteiger partial charge in [-0.15, -0.1) is 9.24 Å². The van der Waals surface area contributed by atoms with Crippen LogP contribution in [0.25, 0.3) is 11.1 Å². The molecule has 0 heterocycles. The lowest BCUT2D eigenvalue weighted by molar-refractivity contribution is 0.445. The van der Waals surface area contributed by atoms with E-state index in [4.69, 9.17) is 0 Å². The third-order valence-electron chi connectivity index (χ3n) is 6.59. The Hall–Kier alpha value is -1.13. The van der Waals surface area contributed by atoms with E-state index in [9.17, 15) is 0 Å². The highest BCUT2D eigenvalue weighted by atomic mass is 31.0. The van der Waals surface area contributed by atoms with Crippen molar-refractivity contribution in [1.29, 1.82) is 0 Å². The highest BCUT2D eigenvalue weighted by molar-refractivity contribution is 7.28. The molecule has 28 heavy (non-hydrogen) atoms. The quantitative estimate of drug-likeness (QED) is 0.448. The molecule has 0 amide bonds. The van der Waals surface area contributed by atoms with Gasteiger partial charge in [0.25, 0.3) is 0 Å². The van der Waals surface area contributed by atoms with Crippen LogP contribution in [0.5, 0.6) is 0 Å². The Morgan fingerprint density at radius 1 is 0.786 bits per heavy atom. The van der Waals surface area contributed by atoms with Crippen LogP contribution in [0, 0.1) is 0 Å². The lowest BCUT2D eigenvalue weighted by Crippen LogP contribution is -2.15. The van der Waals surface area contributed by atoms with Crippen molar-refractivity contribution >= 4 is 14.5 Å². The van der Waals surface area contributed by atoms with E-state index in [-0.39, 0.29) is 0 Å². The van der Waals surface area contributed by atoms with Crippen LogP contribution in [0.4, 0.5) is 0 Å². The Morgan fingerprint density at radius 2 is 1.36 bits per heavy atom. The van der Waals surface area contributed by atoms with Crippen LogP contribution in [0.15, 0.2) is 30.3 Å². The van der Waals surface area contributed by atoms with Gasteiger partial charge in [0.2, 0.25) is 0 Å². The molecule has 1 fully saturated rings. The molecule has 0 saturated heterocycles. The topological polar surface area (TPSA) is 0 Å². The molecule has 3 rings (SSSR count). The first kappa shape index (κ1) is 21.6. The second-order valence-corrected chi connectivity index (χ2v) is 10.3. The minimum absolute atomic E-state index is 0.522. The predicted octanol–water partition coefficient (Wildman–Crippen LogP) is 8.27. The molecule has 0 aromatic heterocycles. The fourth-order valence-electron chi connectivity index (χ4n) is 4.84. The summed E-state index contributed by atoms with van der Waals surface area (Å²) in [6.45, 7) is 14.0. The second kappa shape index (κ2) is 9.13. The third-order valence-corrected chi connectivity index (χ3v) is 7.23. The van der Waals surface area contributed by atoms with Crippen LogP contribution in [-0.2, 0) is 0 Å². The third kappa shape index (κ3) is 4.38. The van der Waals surface area contributed by atoms with Gasteiger partial charge < -0.3 is 0 Å². The van der Waals surface area contributed by atoms with Crippen molar-refractivity contribution in [2.45, 2.75) is 97.3 Å². The summed E-state index contributed by atoms with van der Waals surface area (Å²) in [4.78, 5) is 0. The summed E-state index contributed by atoms with van der Waals surface area (Å²) in [5.74, 6) is 2.34. The van der Waals surface area contributed by atoms with Gasteiger partial charge in [-0.3, -0.25) is 0 Å². The molecule has 0 N–H and O–H groups in total. The predicted molar refractivity (Wildman–Crippen MR) is 129 cm³/mol. The normalized spacial score (nSPS) is 15.8. The number of hydrogen-bond donors (Lipinski definition) is 0. The molecule has 0 nitrogen and oxygen atoms in total. The second-order valence-electron chi connectivity index (χ2n) is 9.68. The zero-order valence-corrected chi connectivity index (χ0v) is 20.0. The zero-order chi connectivity index (χ0) is 20.4. The largest absolute Gasteiger partial charge is 0.105 e. The monoisotopic (exact) mass is 394 g/mol. The first-order chi connectivity index (χ1) is 13.3. The first-order valence-corrected chi connectivity index (χ1v) is 12.0. The molecule has 0 aliphatic heterocycles. The average Bonchev–Trinajstić information content (AvgIpc) is 2.67. The van der Waals surface area contributed by atoms with Crippen LogP contribution < -0.4 is 5.30 Å². The molecule has 0 spiro atoms. The summed E-state index contributed by atoms with van der Waals surface area (Å²) in [5, 5.41) is 1.44. The zero-order valence-electron chi connectivity index (χ0n) is 18.8. The summed E-state index contributed by atoms with van der Waals surface area (Å²) >= 11 is 0. The van der Waals surface area contributed by atoms with Crippen molar-refractivity contribution in [3.05, 3.63) is 52.6 Å². The Labute approximate surface area is 175 Å². The molecule has 1 aliphatic carbocycles. The maximum Gasteiger partial charge on any atom is -0.0104 e. The van der Waals surface area contributed by atoms with Crippen molar-refractivity contribution in [3.63, 3.8) is 0 Å². The molecule has 2 aromatic rings. The molecule has 1 atom stereocenters. The molecule has 0 radical (unpaired) electrons. The number of rotatable bonds is 5. The maximum atomic E-state index is 3.13. The summed E-state index contributed by atoms with van der Waals surface area (Å²) in [7, 11) is 3.13. The lowest BCUT2D eigenvalue weighted by atomic mass is 9.79. The molecule has 1 heteroatoms. The van der Waals surface area contributed by atoms with Gasteiger partial charge in [0.05, 0.1) is 0 Å². The first-order valence-electron chi connectivity index (χ1n) is 11.4. The lowest BCUT2D eigenvalue weighted by Gasteiger charge is -2.27. The Bertz CT molecular complexity index is 778. The van der Waals surface area contributed by atoms with E-state index < -0.39 is 0 Å². The van der Waals surface area contributed by atoms with E-state index in [0.29, 0.717) is 17.8 Å². The molecular weight excluding hydrogens is 355 g/mol. The maximum absolute atomic E-state index is 3.13. The van der Waals surface area contributed by atoms with Gasteiger partial charge in [0, 0.05) is 0 Å². The van der Waals surface area contributed by atoms with Gasteiger partial charge in [0.1, 0.15) is 0 Å². The van der Waals surface area contributed by atoms with Gasteiger partial charge in [-0.25, -0.2) is 0 Å². The Kier molecular flexibility index (Phi) is 7.03. The van der Waals surface area contributed by atoms with Gasteiger partial charge in [-0.1, -0.05) is 91.1 Å². The molecule has 152 valence electrons. The minimum atomic E-state index is 0.522. The fraction of sp³-hybridized carbons (Fsp3) is 0.556. The molecular formula is C27H39P. The standard InChI is InChI=1S/C27H39P/c1-17(2)21-15-24(18(3)4)26(25(16-21)19(5)6)23-14-10-13-22(27(23)28)20-11-8-7-9-12-20/h10,13-20H,7-9,11-12,28H2,1-6H3. The molecule has 2 aromatic carbocycles. The highest BCUT2D eigenvalue weighted by Crippen LogP contribution is 2.40. The Morgan fingerprint density at radius 3 is 1.86 bits per heavy atom. The molecule has 0 bridgehead atoms. The van der Waals surface area contributed by atoms with E-state index in [0.717, 1.165) is 5.92 Å². The molecule has 1 unspecified atom stereocenters. The highest BCUT2D eigenvalue weighted by Gasteiger charge is 2.23. The van der Waals surface area contributed by atoms with Crippen LogP contribution in [0.2, 0.25) is 0 Å². The van der Waals surface area contributed by atoms with Gasteiger partial charge in [-0.2, -0.15) is 0 Å². The van der Waals surface area contributed by atoms with Crippen molar-refractivity contribution in [2.75, 3.05) is 0 Å². The summed E-state index contributed by atoms with van der Waals surface area (Å²) in [6, 6.07) is 12.0. The van der Waals surface area contributed by atoms with Crippen molar-refractivity contribution in [1.82, 2.24) is 0 Å². The summed E-state index contributed by atoms with van der Waals surface area (Å²) < 4.78 is 0. The van der Waals surface area contributed by atoms with E-state index >= 15 is 0 Å². The summed E-state index contributed by atoms with van der Waals surface area (Å²) in [5.41, 5.74) is 9.01. The van der Waals surface area contributed by atoms with Crippen LogP contribution in [0.1, 0.15) is 120 Å². The molecule has 1 aliphatic rings. The van der Waals surface area contributed by atoms with Crippen molar-refractivity contribution < 1.29 is 0 Å². The van der Waals surface area contributed by atoms with Crippen molar-refractivity contribution in [2.24, 2.45) is 0 Å². The van der Waals surface area contributed by atoms with Crippen LogP contribution in [-0.4, -0.2) is 0 Å². The van der Waals surface area contributed by atoms with Gasteiger partial charge in [-0.05, 0) is 75.2 Å². The van der Waals surface area contributed by atoms with Gasteiger partial charge >= 0.3 is 0 Å². The van der Waals surface area contributed by atoms with Crippen LogP contribution in [0.3, 0.4) is 0 Å². The van der Waals surface area contributed by atoms with E-state index in [1.165, 1.54) is 65.2 Å². The number of hydrogen-bond acceptors (Lipinski definition) is 0. The fourth-order valence-corrected chi connectivity index (χ4v) is 5.41. The average molecular weight is 395 g/mol. The minimum Gasteiger partial charge on any atom is -0.105 e. The smallest absolute Gasteiger partial charge is 0.0104 e. The van der Waals surface area contributed by atoms with E-state index in [1.54, 1.807) is 5.56 Å². The van der Waals surface area contributed by atoms with Gasteiger partial charge in [0.15, 0.2) is 0 Å². The van der Waals surface area contributed by atoms with E-state index in [1.807, 2.05) is 0 Å². The SMILES string of the molecule is CC(C)c1cc(C(C)C)c(-c2cccc(C3CCCCC3)c2P)c(C(C)C)c1. The van der Waals surface area contributed by atoms with E-state index in [2.05, 4.69) is 81.1 Å². The molecule has 1 saturated carbocycles. The number of benzene rings is 2. The summed E-state index contributed by atoms with van der Waals surface area (Å²) in [6.07, 6.45) is 6.89. The van der Waals surface area contributed by atoms with Crippen LogP contribution >= 0.6 is 9.24 Å². The Balaban J connectivity index is 2.22. The van der Waals surface area contributed by atoms with Crippen molar-refractivity contribution in [3.8, 4) is 11.1 Å².